The zero-order chi connectivity index (χ0) is 14.1. The van der Waals surface area contributed by atoms with Crippen LogP contribution in [-0.2, 0) is 0 Å². The summed E-state index contributed by atoms with van der Waals surface area (Å²) >= 11 is 0. The van der Waals surface area contributed by atoms with Crippen LogP contribution in [0.2, 0.25) is 0 Å². The first kappa shape index (κ1) is 12.5. The standard InChI is InChI=1S/C17H15NO2/c1-11-9-13(10-12(2)17(11)19)7-8-16-18-14-5-3-4-6-15(14)20-16/h3-10,19H,1-2H3. The van der Waals surface area contributed by atoms with Crippen LogP contribution >= 0.6 is 0 Å². The second-order valence-electron chi connectivity index (χ2n) is 4.86. The van der Waals surface area contributed by atoms with Crippen LogP contribution in [0.25, 0.3) is 23.3 Å². The van der Waals surface area contributed by atoms with E-state index in [2.05, 4.69) is 4.98 Å². The van der Waals surface area contributed by atoms with Gasteiger partial charge in [-0.05, 0) is 60.9 Å². The molecule has 0 fully saturated rings. The summed E-state index contributed by atoms with van der Waals surface area (Å²) in [5.74, 6) is 0.929. The molecule has 0 aliphatic rings. The molecule has 0 saturated carbocycles. The molecule has 1 N–H and O–H groups in total. The van der Waals surface area contributed by atoms with Gasteiger partial charge in [-0.1, -0.05) is 12.1 Å². The Bertz CT molecular complexity index is 744. The zero-order valence-electron chi connectivity index (χ0n) is 11.4. The summed E-state index contributed by atoms with van der Waals surface area (Å²) in [5, 5.41) is 9.76. The molecule has 0 amide bonds. The van der Waals surface area contributed by atoms with Gasteiger partial charge in [0.2, 0.25) is 5.89 Å². The van der Waals surface area contributed by atoms with Crippen LogP contribution in [0.15, 0.2) is 40.8 Å². The number of hydrogen-bond acceptors (Lipinski definition) is 3. The molecule has 0 aliphatic carbocycles. The molecule has 0 spiro atoms. The molecule has 3 nitrogen and oxygen atoms in total. The molecule has 0 saturated heterocycles. The van der Waals surface area contributed by atoms with Crippen molar-refractivity contribution < 1.29 is 9.52 Å². The van der Waals surface area contributed by atoms with Crippen LogP contribution in [0, 0.1) is 13.8 Å². The van der Waals surface area contributed by atoms with Crippen molar-refractivity contribution in [1.82, 2.24) is 4.98 Å². The Balaban J connectivity index is 1.93. The molecule has 2 aromatic carbocycles. The lowest BCUT2D eigenvalue weighted by molar-refractivity contribution is 0.467. The van der Waals surface area contributed by atoms with Crippen molar-refractivity contribution in [2.45, 2.75) is 13.8 Å². The average molecular weight is 265 g/mol. The van der Waals surface area contributed by atoms with Crippen molar-refractivity contribution in [2.75, 3.05) is 0 Å². The Labute approximate surface area is 117 Å². The number of hydrogen-bond donors (Lipinski definition) is 1. The first-order valence-electron chi connectivity index (χ1n) is 6.47. The van der Waals surface area contributed by atoms with Gasteiger partial charge in [0.25, 0.3) is 0 Å². The third-order valence-corrected chi connectivity index (χ3v) is 3.24. The number of fused-ring (bicyclic) bond motifs is 1. The summed E-state index contributed by atoms with van der Waals surface area (Å²) in [6, 6.07) is 11.5. The summed E-state index contributed by atoms with van der Waals surface area (Å²) in [7, 11) is 0. The lowest BCUT2D eigenvalue weighted by atomic mass is 10.1. The van der Waals surface area contributed by atoms with Gasteiger partial charge in [0.1, 0.15) is 11.3 Å². The van der Waals surface area contributed by atoms with E-state index < -0.39 is 0 Å². The van der Waals surface area contributed by atoms with E-state index in [1.54, 1.807) is 0 Å². The van der Waals surface area contributed by atoms with Crippen molar-refractivity contribution >= 4 is 23.3 Å². The van der Waals surface area contributed by atoms with Gasteiger partial charge in [-0.25, -0.2) is 4.98 Å². The number of oxazole rings is 1. The highest BCUT2D eigenvalue weighted by Crippen LogP contribution is 2.24. The Morgan fingerprint density at radius 2 is 1.75 bits per heavy atom. The summed E-state index contributed by atoms with van der Waals surface area (Å²) < 4.78 is 5.63. The average Bonchev–Trinajstić information content (AvgIpc) is 2.85. The molecular formula is C17H15NO2. The van der Waals surface area contributed by atoms with Crippen LogP contribution < -0.4 is 0 Å². The number of phenolic OH excluding ortho intramolecular Hbond substituents is 1. The molecule has 3 heteroatoms. The van der Waals surface area contributed by atoms with Crippen molar-refractivity contribution in [3.05, 3.63) is 59.0 Å². The van der Waals surface area contributed by atoms with E-state index in [0.717, 1.165) is 27.8 Å². The Hall–Kier alpha value is -2.55. The monoisotopic (exact) mass is 265 g/mol. The molecule has 1 heterocycles. The maximum absolute atomic E-state index is 9.76. The van der Waals surface area contributed by atoms with Gasteiger partial charge in [0, 0.05) is 6.08 Å². The first-order valence-corrected chi connectivity index (χ1v) is 6.47. The van der Waals surface area contributed by atoms with Crippen LogP contribution in [0.3, 0.4) is 0 Å². The number of para-hydroxylation sites is 2. The normalized spacial score (nSPS) is 11.5. The highest BCUT2D eigenvalue weighted by Gasteiger charge is 2.03. The fraction of sp³-hybridized carbons (Fsp3) is 0.118. The van der Waals surface area contributed by atoms with E-state index in [1.165, 1.54) is 0 Å². The van der Waals surface area contributed by atoms with Crippen LogP contribution in [0.4, 0.5) is 0 Å². The van der Waals surface area contributed by atoms with Gasteiger partial charge < -0.3 is 9.52 Å². The Morgan fingerprint density at radius 3 is 2.45 bits per heavy atom. The van der Waals surface area contributed by atoms with Gasteiger partial charge in [0.05, 0.1) is 0 Å². The smallest absolute Gasteiger partial charge is 0.220 e. The minimum Gasteiger partial charge on any atom is -0.507 e. The number of phenols is 1. The molecule has 0 bridgehead atoms. The molecule has 0 radical (unpaired) electrons. The van der Waals surface area contributed by atoms with Gasteiger partial charge in [-0.15, -0.1) is 0 Å². The lowest BCUT2D eigenvalue weighted by Gasteiger charge is -2.04. The maximum Gasteiger partial charge on any atom is 0.220 e. The van der Waals surface area contributed by atoms with Crippen LogP contribution in [-0.4, -0.2) is 10.1 Å². The molecule has 1 aromatic heterocycles. The number of aromatic hydroxyl groups is 1. The molecule has 3 rings (SSSR count). The third kappa shape index (κ3) is 2.30. The van der Waals surface area contributed by atoms with E-state index in [9.17, 15) is 5.11 Å². The fourth-order valence-electron chi connectivity index (χ4n) is 2.21. The lowest BCUT2D eigenvalue weighted by Crippen LogP contribution is -1.83. The molecular weight excluding hydrogens is 250 g/mol. The van der Waals surface area contributed by atoms with Crippen molar-refractivity contribution in [3.63, 3.8) is 0 Å². The summed E-state index contributed by atoms with van der Waals surface area (Å²) in [5.41, 5.74) is 4.37. The summed E-state index contributed by atoms with van der Waals surface area (Å²) in [6.45, 7) is 3.78. The van der Waals surface area contributed by atoms with E-state index in [-0.39, 0.29) is 0 Å². The maximum atomic E-state index is 9.76. The van der Waals surface area contributed by atoms with Crippen molar-refractivity contribution in [2.24, 2.45) is 0 Å². The molecule has 20 heavy (non-hydrogen) atoms. The zero-order valence-corrected chi connectivity index (χ0v) is 11.4. The highest BCUT2D eigenvalue weighted by atomic mass is 16.3. The number of nitrogens with zero attached hydrogens (tertiary/aromatic N) is 1. The molecule has 3 aromatic rings. The van der Waals surface area contributed by atoms with Gasteiger partial charge in [-0.3, -0.25) is 0 Å². The topological polar surface area (TPSA) is 46.3 Å². The Morgan fingerprint density at radius 1 is 1.05 bits per heavy atom. The second kappa shape index (κ2) is 4.85. The van der Waals surface area contributed by atoms with E-state index >= 15 is 0 Å². The quantitative estimate of drug-likeness (QED) is 0.750. The van der Waals surface area contributed by atoms with Crippen LogP contribution in [0.1, 0.15) is 22.6 Å². The van der Waals surface area contributed by atoms with Gasteiger partial charge in [0.15, 0.2) is 5.58 Å². The van der Waals surface area contributed by atoms with Gasteiger partial charge >= 0.3 is 0 Å². The SMILES string of the molecule is Cc1cc(C=Cc2nc3ccccc3o2)cc(C)c1O. The Kier molecular flexibility index (Phi) is 3.03. The molecule has 0 atom stereocenters. The highest BCUT2D eigenvalue weighted by molar-refractivity contribution is 5.76. The van der Waals surface area contributed by atoms with E-state index in [4.69, 9.17) is 4.42 Å². The molecule has 100 valence electrons. The minimum atomic E-state index is 0.351. The predicted octanol–water partition coefficient (Wildman–Crippen LogP) is 4.32. The minimum absolute atomic E-state index is 0.351. The van der Waals surface area contributed by atoms with E-state index in [0.29, 0.717) is 11.6 Å². The molecule has 0 aliphatic heterocycles. The van der Waals surface area contributed by atoms with Gasteiger partial charge in [-0.2, -0.15) is 0 Å². The third-order valence-electron chi connectivity index (χ3n) is 3.24. The predicted molar refractivity (Wildman–Crippen MR) is 80.5 cm³/mol. The molecule has 0 unspecified atom stereocenters. The fourth-order valence-corrected chi connectivity index (χ4v) is 2.21. The van der Waals surface area contributed by atoms with Crippen molar-refractivity contribution in [1.29, 1.82) is 0 Å². The number of aromatic nitrogens is 1. The first-order chi connectivity index (χ1) is 9.63. The number of aryl methyl sites for hydroxylation is 2. The summed E-state index contributed by atoms with van der Waals surface area (Å²) in [6.07, 6.45) is 3.77. The number of rotatable bonds is 2. The van der Waals surface area contributed by atoms with Crippen LogP contribution in [0.5, 0.6) is 5.75 Å². The number of benzene rings is 2. The largest absolute Gasteiger partial charge is 0.507 e. The van der Waals surface area contributed by atoms with E-state index in [1.807, 2.05) is 62.4 Å². The second-order valence-corrected chi connectivity index (χ2v) is 4.86. The van der Waals surface area contributed by atoms with Crippen molar-refractivity contribution in [3.8, 4) is 5.75 Å². The summed E-state index contributed by atoms with van der Waals surface area (Å²) in [4.78, 5) is 4.39.